The Morgan fingerprint density at radius 2 is 2.11 bits per heavy atom. The van der Waals surface area contributed by atoms with Crippen molar-refractivity contribution in [3.63, 3.8) is 0 Å². The molecule has 2 bridgehead atoms. The molecule has 4 N–H and O–H groups in total. The number of pyridine rings is 1. The molecular weight excluding hydrogens is 471 g/mol. The van der Waals surface area contributed by atoms with Crippen LogP contribution < -0.4 is 21.1 Å². The average Bonchev–Trinajstić information content (AvgIpc) is 3.45. The summed E-state index contributed by atoms with van der Waals surface area (Å²) in [5.74, 6) is -0.776. The lowest BCUT2D eigenvalue weighted by atomic mass is 10.1. The maximum Gasteiger partial charge on any atom is 0.354 e. The molecule has 1 aliphatic rings. The van der Waals surface area contributed by atoms with Crippen molar-refractivity contribution in [2.45, 2.75) is 19.6 Å². The lowest BCUT2D eigenvalue weighted by Crippen LogP contribution is -2.33. The third-order valence-corrected chi connectivity index (χ3v) is 5.82. The van der Waals surface area contributed by atoms with Crippen molar-refractivity contribution in [1.82, 2.24) is 29.5 Å². The van der Waals surface area contributed by atoms with E-state index in [9.17, 15) is 14.0 Å². The van der Waals surface area contributed by atoms with Crippen LogP contribution >= 0.6 is 0 Å². The molecule has 0 unspecified atom stereocenters. The van der Waals surface area contributed by atoms with Crippen molar-refractivity contribution >= 4 is 29.2 Å². The number of aromatic nitrogens is 5. The number of methoxy groups -OCH3 is 1. The van der Waals surface area contributed by atoms with Crippen molar-refractivity contribution in [3.05, 3.63) is 53.4 Å². The molecule has 12 nitrogen and oxygen atoms in total. The van der Waals surface area contributed by atoms with E-state index in [-0.39, 0.29) is 36.0 Å². The molecule has 0 saturated heterocycles. The van der Waals surface area contributed by atoms with Crippen molar-refractivity contribution < 1.29 is 23.5 Å². The van der Waals surface area contributed by atoms with Crippen molar-refractivity contribution in [2.24, 2.45) is 7.05 Å². The van der Waals surface area contributed by atoms with Gasteiger partial charge in [-0.1, -0.05) is 0 Å². The van der Waals surface area contributed by atoms with Crippen LogP contribution in [-0.2, 0) is 18.3 Å². The molecule has 36 heavy (non-hydrogen) atoms. The number of hydrogen-bond donors (Lipinski definition) is 3. The zero-order chi connectivity index (χ0) is 25.6. The van der Waals surface area contributed by atoms with Crippen LogP contribution in [-0.4, -0.2) is 55.8 Å². The Morgan fingerprint density at radius 3 is 2.89 bits per heavy atom. The van der Waals surface area contributed by atoms with Gasteiger partial charge in [0.25, 0.3) is 5.91 Å². The van der Waals surface area contributed by atoms with Gasteiger partial charge < -0.3 is 30.4 Å². The first-order valence-corrected chi connectivity index (χ1v) is 11.0. The van der Waals surface area contributed by atoms with Gasteiger partial charge in [0, 0.05) is 30.9 Å². The summed E-state index contributed by atoms with van der Waals surface area (Å²) < 4.78 is 27.7. The molecule has 1 aliphatic heterocycles. The molecule has 0 aromatic carbocycles. The van der Waals surface area contributed by atoms with Crippen molar-refractivity contribution in [1.29, 1.82) is 0 Å². The monoisotopic (exact) mass is 494 g/mol. The Labute approximate surface area is 204 Å². The van der Waals surface area contributed by atoms with Crippen LogP contribution in [0.3, 0.4) is 0 Å². The SMILES string of the molecule is COC(=O)c1cc(-c2c3nc4c(cnn4c2N)C(=O)NC[C@H](C)Oc2ncc(F)cc2CN3)cn1C. The number of rotatable bonds is 2. The molecule has 0 radical (unpaired) electrons. The highest BCUT2D eigenvalue weighted by Gasteiger charge is 2.25. The van der Waals surface area contributed by atoms with Crippen LogP contribution in [0.15, 0.2) is 30.7 Å². The maximum atomic E-state index is 14.1. The van der Waals surface area contributed by atoms with Gasteiger partial charge >= 0.3 is 5.97 Å². The van der Waals surface area contributed by atoms with E-state index in [1.54, 1.807) is 30.8 Å². The summed E-state index contributed by atoms with van der Waals surface area (Å²) in [6.07, 6.45) is 3.69. The van der Waals surface area contributed by atoms with Gasteiger partial charge in [-0.15, -0.1) is 0 Å². The molecule has 1 atom stereocenters. The smallest absolute Gasteiger partial charge is 0.354 e. The zero-order valence-electron chi connectivity index (χ0n) is 19.7. The molecule has 0 saturated carbocycles. The van der Waals surface area contributed by atoms with Crippen LogP contribution in [0.4, 0.5) is 16.0 Å². The average molecular weight is 494 g/mol. The minimum absolute atomic E-state index is 0.0873. The number of carbonyl (C=O) groups is 2. The number of nitrogens with one attached hydrogen (secondary N) is 2. The third-order valence-electron chi connectivity index (χ3n) is 5.82. The molecule has 4 aromatic rings. The fraction of sp³-hybridized carbons (Fsp3) is 0.261. The van der Waals surface area contributed by atoms with E-state index in [0.717, 1.165) is 6.20 Å². The van der Waals surface area contributed by atoms with Gasteiger partial charge in [0.1, 0.15) is 34.8 Å². The molecule has 1 amide bonds. The summed E-state index contributed by atoms with van der Waals surface area (Å²) in [5.41, 5.74) is 8.69. The van der Waals surface area contributed by atoms with Crippen LogP contribution in [0.25, 0.3) is 16.8 Å². The number of fused-ring (bicyclic) bond motifs is 2. The number of ether oxygens (including phenoxy) is 2. The Hall–Kier alpha value is -4.68. The Morgan fingerprint density at radius 1 is 1.31 bits per heavy atom. The van der Waals surface area contributed by atoms with Gasteiger partial charge in [0.05, 0.1) is 31.6 Å². The van der Waals surface area contributed by atoms with Gasteiger partial charge in [0.15, 0.2) is 5.65 Å². The molecule has 0 spiro atoms. The normalized spacial score (nSPS) is 15.7. The zero-order valence-corrected chi connectivity index (χ0v) is 19.7. The summed E-state index contributed by atoms with van der Waals surface area (Å²) in [5, 5.41) is 10.2. The first-order valence-electron chi connectivity index (χ1n) is 11.0. The molecule has 0 aliphatic carbocycles. The number of aryl methyl sites for hydroxylation is 1. The minimum Gasteiger partial charge on any atom is -0.473 e. The molecule has 5 heterocycles. The minimum atomic E-state index is -0.531. The number of hydrogen-bond acceptors (Lipinski definition) is 9. The lowest BCUT2D eigenvalue weighted by Gasteiger charge is -2.17. The number of esters is 1. The maximum absolute atomic E-state index is 14.1. The summed E-state index contributed by atoms with van der Waals surface area (Å²) in [6.45, 7) is 2.02. The Balaban J connectivity index is 1.71. The molecule has 0 fully saturated rings. The highest BCUT2D eigenvalue weighted by Crippen LogP contribution is 2.35. The lowest BCUT2D eigenvalue weighted by molar-refractivity contribution is 0.0589. The summed E-state index contributed by atoms with van der Waals surface area (Å²) >= 11 is 0. The highest BCUT2D eigenvalue weighted by atomic mass is 19.1. The summed E-state index contributed by atoms with van der Waals surface area (Å²) in [4.78, 5) is 33.8. The van der Waals surface area contributed by atoms with Crippen LogP contribution in [0.1, 0.15) is 33.3 Å². The number of anilines is 2. The van der Waals surface area contributed by atoms with E-state index < -0.39 is 23.8 Å². The number of nitrogens with two attached hydrogens (primary N) is 1. The van der Waals surface area contributed by atoms with Gasteiger partial charge in [-0.05, 0) is 19.1 Å². The number of amides is 1. The Bertz CT molecular complexity index is 1510. The Kier molecular flexibility index (Phi) is 5.66. The number of nitrogens with zero attached hydrogens (tertiary/aromatic N) is 5. The topological polar surface area (TPSA) is 151 Å². The second-order valence-corrected chi connectivity index (χ2v) is 8.34. The van der Waals surface area contributed by atoms with E-state index in [1.165, 1.54) is 23.9 Å². The third kappa shape index (κ3) is 3.93. The van der Waals surface area contributed by atoms with Crippen LogP contribution in [0.5, 0.6) is 5.88 Å². The quantitative estimate of drug-likeness (QED) is 0.354. The van der Waals surface area contributed by atoms with Gasteiger partial charge in [-0.3, -0.25) is 4.79 Å². The van der Waals surface area contributed by atoms with Gasteiger partial charge in [0.2, 0.25) is 5.88 Å². The highest BCUT2D eigenvalue weighted by molar-refractivity contribution is 6.01. The van der Waals surface area contributed by atoms with Crippen LogP contribution in [0.2, 0.25) is 0 Å². The van der Waals surface area contributed by atoms with E-state index in [0.29, 0.717) is 28.2 Å². The van der Waals surface area contributed by atoms with Crippen molar-refractivity contribution in [2.75, 3.05) is 24.7 Å². The molecule has 186 valence electrons. The molecule has 13 heteroatoms. The number of halogens is 1. The fourth-order valence-corrected chi connectivity index (χ4v) is 4.04. The van der Waals surface area contributed by atoms with Crippen molar-refractivity contribution in [3.8, 4) is 17.0 Å². The van der Waals surface area contributed by atoms with E-state index in [1.807, 2.05) is 0 Å². The fourth-order valence-electron chi connectivity index (χ4n) is 4.04. The van der Waals surface area contributed by atoms with E-state index in [2.05, 4.69) is 25.7 Å². The van der Waals surface area contributed by atoms with Crippen LogP contribution in [0, 0.1) is 5.82 Å². The summed E-state index contributed by atoms with van der Waals surface area (Å²) in [6, 6.07) is 2.92. The predicted molar refractivity (Wildman–Crippen MR) is 127 cm³/mol. The number of nitrogen functional groups attached to an aromatic ring is 1. The summed E-state index contributed by atoms with van der Waals surface area (Å²) in [7, 11) is 2.99. The first-order chi connectivity index (χ1) is 17.3. The first kappa shape index (κ1) is 23.1. The van der Waals surface area contributed by atoms with Gasteiger partial charge in [-0.2, -0.15) is 9.61 Å². The number of carbonyl (C=O) groups excluding carboxylic acids is 2. The second-order valence-electron chi connectivity index (χ2n) is 8.34. The molecule has 4 aromatic heterocycles. The van der Waals surface area contributed by atoms with E-state index in [4.69, 9.17) is 15.2 Å². The molecular formula is C23H23FN8O4. The van der Waals surface area contributed by atoms with E-state index >= 15 is 0 Å². The largest absolute Gasteiger partial charge is 0.473 e. The second kappa shape index (κ2) is 8.83. The molecule has 5 rings (SSSR count). The standard InChI is InChI=1S/C23H23FN8O4/c1-11-6-27-21(33)15-9-29-32-18(25)17(13-5-16(23(34)35-3)31(2)10-13)19(30-20(15)32)26-7-12-4-14(24)8-28-22(12)36-11/h4-5,8-11H,6-7,25H2,1-3H3,(H,26,30)(H,27,33)/t11-/m0/s1. The van der Waals surface area contributed by atoms with Gasteiger partial charge in [-0.25, -0.2) is 19.2 Å². The predicted octanol–water partition coefficient (Wildman–Crippen LogP) is 1.76.